The molecule has 4 heterocycles. The van der Waals surface area contributed by atoms with Crippen LogP contribution >= 0.6 is 0 Å². The summed E-state index contributed by atoms with van der Waals surface area (Å²) < 4.78 is 2.11. The van der Waals surface area contributed by atoms with E-state index < -0.39 is 0 Å². The third kappa shape index (κ3) is 3.27. The van der Waals surface area contributed by atoms with Crippen molar-refractivity contribution in [3.8, 4) is 11.5 Å². The first kappa shape index (κ1) is 20.5. The van der Waals surface area contributed by atoms with Gasteiger partial charge < -0.3 is 10.3 Å². The van der Waals surface area contributed by atoms with Crippen LogP contribution in [0.1, 0.15) is 91.8 Å². The van der Waals surface area contributed by atoms with Crippen LogP contribution in [0.2, 0.25) is 0 Å². The Balaban J connectivity index is 1.37. The van der Waals surface area contributed by atoms with Crippen LogP contribution in [0.5, 0.6) is 0 Å². The molecule has 33 heavy (non-hydrogen) atoms. The van der Waals surface area contributed by atoms with Crippen LogP contribution in [0.3, 0.4) is 0 Å². The Morgan fingerprint density at radius 1 is 1.24 bits per heavy atom. The molecule has 0 bridgehead atoms. The number of aromatic nitrogens is 5. The number of hydrogen-bond donors (Lipinski definition) is 1. The second kappa shape index (κ2) is 7.45. The van der Waals surface area contributed by atoms with Gasteiger partial charge in [-0.2, -0.15) is 0 Å². The first-order valence-electron chi connectivity index (χ1n) is 12.0. The highest BCUT2D eigenvalue weighted by Gasteiger charge is 2.43. The molecular formula is C25H29N7O. The van der Waals surface area contributed by atoms with Gasteiger partial charge in [-0.25, -0.2) is 4.98 Å². The van der Waals surface area contributed by atoms with E-state index >= 15 is 0 Å². The lowest BCUT2D eigenvalue weighted by Gasteiger charge is -2.27. The van der Waals surface area contributed by atoms with Gasteiger partial charge in [0.05, 0.1) is 12.2 Å². The normalized spacial score (nSPS) is 20.0. The van der Waals surface area contributed by atoms with Gasteiger partial charge in [-0.05, 0) is 56.7 Å². The van der Waals surface area contributed by atoms with Gasteiger partial charge in [0, 0.05) is 34.3 Å². The Kier molecular flexibility index (Phi) is 4.62. The maximum atomic E-state index is 13.6. The zero-order valence-corrected chi connectivity index (χ0v) is 19.2. The van der Waals surface area contributed by atoms with E-state index in [9.17, 15) is 4.79 Å². The Labute approximate surface area is 193 Å². The summed E-state index contributed by atoms with van der Waals surface area (Å²) in [6.45, 7) is 4.71. The summed E-state index contributed by atoms with van der Waals surface area (Å²) in [5.74, 6) is 1.34. The largest absolute Gasteiger partial charge is 0.323 e. The fourth-order valence-corrected chi connectivity index (χ4v) is 4.82. The molecule has 2 N–H and O–H groups in total. The third-order valence-corrected chi connectivity index (χ3v) is 7.64. The number of fused-ring (bicyclic) bond motifs is 1. The van der Waals surface area contributed by atoms with Crippen molar-refractivity contribution in [1.29, 1.82) is 0 Å². The molecule has 2 fully saturated rings. The van der Waals surface area contributed by atoms with Crippen LogP contribution in [0.25, 0.3) is 11.5 Å². The van der Waals surface area contributed by atoms with Crippen molar-refractivity contribution in [3.63, 3.8) is 0 Å². The smallest absolute Gasteiger partial charge is 0.260 e. The molecular weight excluding hydrogens is 414 g/mol. The standard InChI is InChI=1S/C25H29N7O/c1-3-18(26)22-17-13-31(24(33)16(17)12-20(29-22)25(2)10-11-25)21-9-5-8-19(28-21)23-30-27-14-32(23)15-6-4-7-15/h5,8-9,12,14-15,18H,3-4,6-7,10-11,13,26H2,1-2H3. The molecule has 1 unspecified atom stereocenters. The first-order chi connectivity index (χ1) is 16.0. The van der Waals surface area contributed by atoms with E-state index in [0.29, 0.717) is 18.4 Å². The number of rotatable bonds is 6. The van der Waals surface area contributed by atoms with Crippen LogP contribution < -0.4 is 10.6 Å². The van der Waals surface area contributed by atoms with Crippen LogP contribution in [0, 0.1) is 0 Å². The predicted octanol–water partition coefficient (Wildman–Crippen LogP) is 4.08. The molecule has 6 rings (SSSR count). The van der Waals surface area contributed by atoms with Gasteiger partial charge in [0.2, 0.25) is 0 Å². The molecule has 1 atom stereocenters. The van der Waals surface area contributed by atoms with Gasteiger partial charge in [-0.1, -0.05) is 19.9 Å². The van der Waals surface area contributed by atoms with Crippen molar-refractivity contribution >= 4 is 11.7 Å². The summed E-state index contributed by atoms with van der Waals surface area (Å²) >= 11 is 0. The lowest BCUT2D eigenvalue weighted by Crippen LogP contribution is -2.24. The maximum Gasteiger partial charge on any atom is 0.260 e. The topological polar surface area (TPSA) is 103 Å². The molecule has 1 amide bonds. The predicted molar refractivity (Wildman–Crippen MR) is 125 cm³/mol. The quantitative estimate of drug-likeness (QED) is 0.616. The van der Waals surface area contributed by atoms with Gasteiger partial charge in [-0.3, -0.25) is 14.7 Å². The molecule has 3 aromatic rings. The zero-order chi connectivity index (χ0) is 22.7. The Bertz CT molecular complexity index is 1240. The highest BCUT2D eigenvalue weighted by atomic mass is 16.2. The molecule has 0 aromatic carbocycles. The van der Waals surface area contributed by atoms with Crippen LogP contribution in [-0.4, -0.2) is 30.6 Å². The fraction of sp³-hybridized carbons (Fsp3) is 0.480. The van der Waals surface area contributed by atoms with E-state index in [1.54, 1.807) is 11.2 Å². The van der Waals surface area contributed by atoms with Crippen molar-refractivity contribution in [1.82, 2.24) is 24.7 Å². The number of anilines is 1. The van der Waals surface area contributed by atoms with E-state index in [1.165, 1.54) is 6.42 Å². The summed E-state index contributed by atoms with van der Waals surface area (Å²) in [6, 6.07) is 7.99. The number of carbonyl (C=O) groups is 1. The van der Waals surface area contributed by atoms with Crippen molar-refractivity contribution in [2.45, 2.75) is 76.4 Å². The minimum Gasteiger partial charge on any atom is -0.323 e. The molecule has 0 saturated heterocycles. The van der Waals surface area contributed by atoms with Crippen LogP contribution in [-0.2, 0) is 12.0 Å². The van der Waals surface area contributed by atoms with Crippen molar-refractivity contribution in [2.24, 2.45) is 5.73 Å². The number of hydrogen-bond acceptors (Lipinski definition) is 6. The minimum atomic E-state index is -0.186. The van der Waals surface area contributed by atoms with Crippen LogP contribution in [0.15, 0.2) is 30.6 Å². The van der Waals surface area contributed by atoms with Crippen molar-refractivity contribution < 1.29 is 4.79 Å². The molecule has 2 saturated carbocycles. The second-order valence-electron chi connectivity index (χ2n) is 9.91. The van der Waals surface area contributed by atoms with Gasteiger partial charge in [0.1, 0.15) is 17.8 Å². The molecule has 3 aliphatic rings. The molecule has 1 aliphatic heterocycles. The fourth-order valence-electron chi connectivity index (χ4n) is 4.82. The average molecular weight is 444 g/mol. The summed E-state index contributed by atoms with van der Waals surface area (Å²) in [4.78, 5) is 25.1. The lowest BCUT2D eigenvalue weighted by atomic mass is 9.93. The van der Waals surface area contributed by atoms with Gasteiger partial charge in [0.25, 0.3) is 5.91 Å². The molecule has 170 valence electrons. The Morgan fingerprint density at radius 3 is 2.76 bits per heavy atom. The summed E-state index contributed by atoms with van der Waals surface area (Å²) in [5.41, 5.74) is 10.8. The highest BCUT2D eigenvalue weighted by molar-refractivity contribution is 6.10. The lowest BCUT2D eigenvalue weighted by molar-refractivity contribution is 0.0996. The van der Waals surface area contributed by atoms with Crippen LogP contribution in [0.4, 0.5) is 5.82 Å². The number of nitrogens with zero attached hydrogens (tertiary/aromatic N) is 6. The Morgan fingerprint density at radius 2 is 2.06 bits per heavy atom. The monoisotopic (exact) mass is 443 g/mol. The van der Waals surface area contributed by atoms with E-state index in [4.69, 9.17) is 15.7 Å². The van der Waals surface area contributed by atoms with Gasteiger partial charge in [0.15, 0.2) is 5.82 Å². The van der Waals surface area contributed by atoms with Gasteiger partial charge >= 0.3 is 0 Å². The molecule has 8 nitrogen and oxygen atoms in total. The second-order valence-corrected chi connectivity index (χ2v) is 9.91. The molecule has 0 radical (unpaired) electrons. The number of carbonyl (C=O) groups excluding carboxylic acids is 1. The number of nitrogens with two attached hydrogens (primary N) is 1. The SMILES string of the molecule is CCC(N)c1nc(C2(C)CC2)cc2c1CN(c1cccc(-c3nncn3C3CCC3)n1)C2=O. The van der Waals surface area contributed by atoms with Gasteiger partial charge in [-0.15, -0.1) is 10.2 Å². The molecule has 3 aromatic heterocycles. The van der Waals surface area contributed by atoms with Crippen molar-refractivity contribution in [2.75, 3.05) is 4.90 Å². The highest BCUT2D eigenvalue weighted by Crippen LogP contribution is 2.48. The summed E-state index contributed by atoms with van der Waals surface area (Å²) in [5, 5.41) is 8.46. The summed E-state index contributed by atoms with van der Waals surface area (Å²) in [7, 11) is 0. The van der Waals surface area contributed by atoms with E-state index in [1.807, 2.05) is 24.3 Å². The third-order valence-electron chi connectivity index (χ3n) is 7.64. The summed E-state index contributed by atoms with van der Waals surface area (Å²) in [6.07, 6.45) is 8.27. The maximum absolute atomic E-state index is 13.6. The number of amides is 1. The van der Waals surface area contributed by atoms with E-state index in [2.05, 4.69) is 28.6 Å². The average Bonchev–Trinajstić information content (AvgIpc) is 3.22. The van der Waals surface area contributed by atoms with E-state index in [0.717, 1.165) is 66.1 Å². The number of pyridine rings is 2. The zero-order valence-electron chi connectivity index (χ0n) is 19.2. The minimum absolute atomic E-state index is 0.0347. The van der Waals surface area contributed by atoms with E-state index in [-0.39, 0.29) is 17.4 Å². The molecule has 0 spiro atoms. The molecule has 2 aliphatic carbocycles. The van der Waals surface area contributed by atoms with Crippen molar-refractivity contribution in [3.05, 3.63) is 53.1 Å². The Hall–Kier alpha value is -3.13. The molecule has 8 heteroatoms. The first-order valence-corrected chi connectivity index (χ1v) is 12.0.